The van der Waals surface area contributed by atoms with Gasteiger partial charge in [0.25, 0.3) is 0 Å². The highest BCUT2D eigenvalue weighted by molar-refractivity contribution is 5.44. The summed E-state index contributed by atoms with van der Waals surface area (Å²) in [7, 11) is 3.91. The van der Waals surface area contributed by atoms with Crippen molar-refractivity contribution in [3.05, 3.63) is 65.2 Å². The number of nitrogens with zero attached hydrogens (tertiary/aromatic N) is 1. The highest BCUT2D eigenvalue weighted by Gasteiger charge is 2.24. The highest BCUT2D eigenvalue weighted by Crippen LogP contribution is 2.34. The van der Waals surface area contributed by atoms with Crippen LogP contribution in [-0.4, -0.2) is 25.6 Å². The third-order valence-corrected chi connectivity index (χ3v) is 3.86. The second kappa shape index (κ2) is 5.06. The summed E-state index contributed by atoms with van der Waals surface area (Å²) in [6, 6.07) is 17.2. The molecule has 1 aliphatic rings. The zero-order valence-electron chi connectivity index (χ0n) is 11.5. The van der Waals surface area contributed by atoms with Crippen LogP contribution in [0.15, 0.2) is 48.5 Å². The molecule has 0 fully saturated rings. The summed E-state index contributed by atoms with van der Waals surface area (Å²) in [5.41, 5.74) is 4.19. The largest absolute Gasteiger partial charge is 0.497 e. The first-order chi connectivity index (χ1) is 9.28. The second-order valence-corrected chi connectivity index (χ2v) is 5.22. The Kier molecular flexibility index (Phi) is 3.26. The molecule has 2 aromatic carbocycles. The lowest BCUT2D eigenvalue weighted by Crippen LogP contribution is -2.30. The van der Waals surface area contributed by atoms with Gasteiger partial charge in [0, 0.05) is 19.0 Å². The Balaban J connectivity index is 2.07. The monoisotopic (exact) mass is 253 g/mol. The van der Waals surface area contributed by atoms with E-state index in [-0.39, 0.29) is 0 Å². The lowest BCUT2D eigenvalue weighted by atomic mass is 9.85. The van der Waals surface area contributed by atoms with Crippen molar-refractivity contribution in [2.75, 3.05) is 20.7 Å². The first-order valence-corrected chi connectivity index (χ1v) is 6.68. The van der Waals surface area contributed by atoms with Crippen LogP contribution in [0.4, 0.5) is 0 Å². The molecule has 0 radical (unpaired) electrons. The van der Waals surface area contributed by atoms with Crippen LogP contribution in [0.25, 0.3) is 0 Å². The number of hydrogen-bond acceptors (Lipinski definition) is 2. The minimum Gasteiger partial charge on any atom is -0.497 e. The minimum absolute atomic E-state index is 0.435. The number of hydrogen-bond donors (Lipinski definition) is 0. The van der Waals surface area contributed by atoms with Gasteiger partial charge in [-0.25, -0.2) is 0 Å². The van der Waals surface area contributed by atoms with Gasteiger partial charge in [-0.1, -0.05) is 36.4 Å². The fourth-order valence-corrected chi connectivity index (χ4v) is 2.90. The van der Waals surface area contributed by atoms with E-state index in [1.807, 2.05) is 0 Å². The molecule has 0 aromatic heterocycles. The van der Waals surface area contributed by atoms with Gasteiger partial charge in [-0.05, 0) is 35.9 Å². The van der Waals surface area contributed by atoms with E-state index in [1.54, 1.807) is 7.11 Å². The predicted molar refractivity (Wildman–Crippen MR) is 77.6 cm³/mol. The fraction of sp³-hybridized carbons (Fsp3) is 0.294. The van der Waals surface area contributed by atoms with Crippen LogP contribution in [-0.2, 0) is 6.54 Å². The van der Waals surface area contributed by atoms with Crippen LogP contribution in [0.3, 0.4) is 0 Å². The summed E-state index contributed by atoms with van der Waals surface area (Å²) < 4.78 is 5.38. The van der Waals surface area contributed by atoms with Gasteiger partial charge in [-0.15, -0.1) is 0 Å². The summed E-state index contributed by atoms with van der Waals surface area (Å²) in [6.07, 6.45) is 0. The number of fused-ring (bicyclic) bond motifs is 1. The van der Waals surface area contributed by atoms with Crippen LogP contribution in [0, 0.1) is 0 Å². The standard InChI is InChI=1S/C17H19NO/c1-18-11-14-8-9-15(19-2)10-16(14)17(12-18)13-6-4-3-5-7-13/h3-10,17H,11-12H2,1-2H3/t17-/m1/s1. The Morgan fingerprint density at radius 2 is 1.89 bits per heavy atom. The van der Waals surface area contributed by atoms with Crippen molar-refractivity contribution < 1.29 is 4.74 Å². The molecule has 2 heteroatoms. The molecule has 0 bridgehead atoms. The van der Waals surface area contributed by atoms with Crippen molar-refractivity contribution in [2.45, 2.75) is 12.5 Å². The Labute approximate surface area is 114 Å². The number of likely N-dealkylation sites (N-methyl/N-ethyl adjacent to an activating group) is 1. The Morgan fingerprint density at radius 3 is 2.63 bits per heavy atom. The zero-order chi connectivity index (χ0) is 13.2. The van der Waals surface area contributed by atoms with Gasteiger partial charge in [0.15, 0.2) is 0 Å². The summed E-state index contributed by atoms with van der Waals surface area (Å²) >= 11 is 0. The van der Waals surface area contributed by atoms with E-state index in [2.05, 4.69) is 60.5 Å². The SMILES string of the molecule is COc1ccc2c(c1)[C@@H](c1ccccc1)CN(C)C2. The van der Waals surface area contributed by atoms with Crippen molar-refractivity contribution in [1.82, 2.24) is 4.90 Å². The van der Waals surface area contributed by atoms with Gasteiger partial charge in [-0.3, -0.25) is 0 Å². The van der Waals surface area contributed by atoms with Crippen molar-refractivity contribution in [3.63, 3.8) is 0 Å². The molecule has 0 N–H and O–H groups in total. The quantitative estimate of drug-likeness (QED) is 0.814. The van der Waals surface area contributed by atoms with Crippen molar-refractivity contribution in [3.8, 4) is 5.75 Å². The van der Waals surface area contributed by atoms with E-state index in [0.29, 0.717) is 5.92 Å². The lowest BCUT2D eigenvalue weighted by Gasteiger charge is -2.32. The van der Waals surface area contributed by atoms with E-state index in [0.717, 1.165) is 18.8 Å². The molecule has 2 nitrogen and oxygen atoms in total. The molecule has 3 rings (SSSR count). The predicted octanol–water partition coefficient (Wildman–Crippen LogP) is 3.27. The molecular formula is C17H19NO. The molecule has 0 amide bonds. The lowest BCUT2D eigenvalue weighted by molar-refractivity contribution is 0.294. The summed E-state index contributed by atoms with van der Waals surface area (Å²) in [6.45, 7) is 2.08. The highest BCUT2D eigenvalue weighted by atomic mass is 16.5. The Hall–Kier alpha value is -1.80. The van der Waals surface area contributed by atoms with Crippen LogP contribution in [0.2, 0.25) is 0 Å². The third kappa shape index (κ3) is 2.36. The summed E-state index contributed by atoms with van der Waals surface area (Å²) in [5, 5.41) is 0. The zero-order valence-corrected chi connectivity index (χ0v) is 11.5. The van der Waals surface area contributed by atoms with Gasteiger partial charge in [0.2, 0.25) is 0 Å². The van der Waals surface area contributed by atoms with Gasteiger partial charge in [0.1, 0.15) is 5.75 Å². The molecule has 0 spiro atoms. The number of benzene rings is 2. The maximum absolute atomic E-state index is 5.38. The first-order valence-electron chi connectivity index (χ1n) is 6.68. The van der Waals surface area contributed by atoms with E-state index < -0.39 is 0 Å². The molecule has 0 saturated heterocycles. The smallest absolute Gasteiger partial charge is 0.119 e. The van der Waals surface area contributed by atoms with Gasteiger partial charge < -0.3 is 9.64 Å². The minimum atomic E-state index is 0.435. The van der Waals surface area contributed by atoms with Crippen LogP contribution in [0.1, 0.15) is 22.6 Å². The van der Waals surface area contributed by atoms with Crippen LogP contribution >= 0.6 is 0 Å². The maximum atomic E-state index is 5.38. The topological polar surface area (TPSA) is 12.5 Å². The van der Waals surface area contributed by atoms with E-state index in [9.17, 15) is 0 Å². The molecule has 1 atom stereocenters. The molecule has 1 heterocycles. The first kappa shape index (κ1) is 12.2. The van der Waals surface area contributed by atoms with Gasteiger partial charge >= 0.3 is 0 Å². The van der Waals surface area contributed by atoms with E-state index in [1.165, 1.54) is 16.7 Å². The van der Waals surface area contributed by atoms with Crippen molar-refractivity contribution in [2.24, 2.45) is 0 Å². The van der Waals surface area contributed by atoms with E-state index in [4.69, 9.17) is 4.74 Å². The molecule has 19 heavy (non-hydrogen) atoms. The number of rotatable bonds is 2. The second-order valence-electron chi connectivity index (χ2n) is 5.22. The molecule has 98 valence electrons. The summed E-state index contributed by atoms with van der Waals surface area (Å²) in [5.74, 6) is 1.38. The average Bonchev–Trinajstić information content (AvgIpc) is 2.47. The van der Waals surface area contributed by atoms with Gasteiger partial charge in [-0.2, -0.15) is 0 Å². The third-order valence-electron chi connectivity index (χ3n) is 3.86. The Bertz CT molecular complexity index is 565. The molecular weight excluding hydrogens is 234 g/mol. The van der Waals surface area contributed by atoms with Gasteiger partial charge in [0.05, 0.1) is 7.11 Å². The van der Waals surface area contributed by atoms with Crippen molar-refractivity contribution >= 4 is 0 Å². The Morgan fingerprint density at radius 1 is 1.11 bits per heavy atom. The molecule has 0 unspecified atom stereocenters. The average molecular weight is 253 g/mol. The van der Waals surface area contributed by atoms with Crippen LogP contribution in [0.5, 0.6) is 5.75 Å². The maximum Gasteiger partial charge on any atom is 0.119 e. The fourth-order valence-electron chi connectivity index (χ4n) is 2.90. The number of ether oxygens (including phenoxy) is 1. The normalized spacial score (nSPS) is 18.9. The molecule has 0 aliphatic carbocycles. The molecule has 2 aromatic rings. The molecule has 0 saturated carbocycles. The summed E-state index contributed by atoms with van der Waals surface area (Å²) in [4.78, 5) is 2.38. The number of methoxy groups -OCH3 is 1. The van der Waals surface area contributed by atoms with E-state index >= 15 is 0 Å². The van der Waals surface area contributed by atoms with Crippen molar-refractivity contribution in [1.29, 1.82) is 0 Å². The van der Waals surface area contributed by atoms with Crippen LogP contribution < -0.4 is 4.74 Å². The molecule has 1 aliphatic heterocycles.